The summed E-state index contributed by atoms with van der Waals surface area (Å²) in [7, 11) is 0. The average Bonchev–Trinajstić information content (AvgIpc) is 1.65. The molecule has 0 bridgehead atoms. The van der Waals surface area contributed by atoms with Crippen LogP contribution in [0.5, 0.6) is 0 Å². The van der Waals surface area contributed by atoms with Crippen molar-refractivity contribution in [1.29, 1.82) is 5.41 Å². The minimum Gasteiger partial charge on any atom is -0.382 e. The molecule has 0 aliphatic rings. The average molecular weight is 113 g/mol. The van der Waals surface area contributed by atoms with Crippen LogP contribution in [0.25, 0.3) is 0 Å². The molecule has 0 unspecified atom stereocenters. The number of rotatable bonds is 1. The number of nitrogens with two attached hydrogens (primary N) is 1. The van der Waals surface area contributed by atoms with Crippen LogP contribution < -0.4 is 5.73 Å². The van der Waals surface area contributed by atoms with Crippen molar-refractivity contribution in [3.8, 4) is 0 Å². The summed E-state index contributed by atoms with van der Waals surface area (Å²) in [4.78, 5) is 13.3. The number of carbonyl (C=O) groups excluding carboxylic acids is 1. The molecular formula is C4H7N3O. The largest absolute Gasteiger partial charge is 0.382 e. The zero-order valence-corrected chi connectivity index (χ0v) is 4.51. The number of hydrogen-bond acceptors (Lipinski definition) is 2. The van der Waals surface area contributed by atoms with Gasteiger partial charge in [0.2, 0.25) is 5.91 Å². The van der Waals surface area contributed by atoms with Gasteiger partial charge in [0.15, 0.2) is 0 Å². The van der Waals surface area contributed by atoms with Crippen LogP contribution in [0.3, 0.4) is 0 Å². The monoisotopic (exact) mass is 113 g/mol. The lowest BCUT2D eigenvalue weighted by atomic mass is 10.6. The van der Waals surface area contributed by atoms with Crippen LogP contribution in [0.15, 0.2) is 4.99 Å². The van der Waals surface area contributed by atoms with Gasteiger partial charge < -0.3 is 11.1 Å². The highest BCUT2D eigenvalue weighted by Crippen LogP contribution is 1.68. The van der Waals surface area contributed by atoms with E-state index in [2.05, 4.69) is 4.99 Å². The molecule has 0 aromatic rings. The zero-order valence-electron chi connectivity index (χ0n) is 4.51. The van der Waals surface area contributed by atoms with Crippen LogP contribution in [0.1, 0.15) is 6.92 Å². The van der Waals surface area contributed by atoms with Crippen molar-refractivity contribution >= 4 is 18.0 Å². The fourth-order valence-electron chi connectivity index (χ4n) is 0.214. The number of nitrogens with zero attached hydrogens (tertiary/aromatic N) is 1. The lowest BCUT2D eigenvalue weighted by Crippen LogP contribution is -2.13. The molecular weight excluding hydrogens is 106 g/mol. The Kier molecular flexibility index (Phi) is 2.47. The summed E-state index contributed by atoms with van der Waals surface area (Å²) in [5.74, 6) is -0.441. The van der Waals surface area contributed by atoms with Crippen LogP contribution in [0.2, 0.25) is 0 Å². The summed E-state index contributed by atoms with van der Waals surface area (Å²) in [6, 6.07) is 0. The predicted molar refractivity (Wildman–Crippen MR) is 31.1 cm³/mol. The maximum Gasteiger partial charge on any atom is 0.244 e. The van der Waals surface area contributed by atoms with Gasteiger partial charge in [0.1, 0.15) is 5.84 Å². The first kappa shape index (κ1) is 6.81. The van der Waals surface area contributed by atoms with Gasteiger partial charge in [-0.25, -0.2) is 0 Å². The molecule has 0 aliphatic heterocycles. The number of nitrogens with one attached hydrogen (secondary N) is 1. The molecule has 0 saturated carbocycles. The summed E-state index contributed by atoms with van der Waals surface area (Å²) in [6.07, 6.45) is 0.821. The molecule has 0 aromatic carbocycles. The normalized spacial score (nSPS) is 10.9. The van der Waals surface area contributed by atoms with Gasteiger partial charge >= 0.3 is 0 Å². The van der Waals surface area contributed by atoms with Crippen molar-refractivity contribution in [1.82, 2.24) is 0 Å². The summed E-state index contributed by atoms with van der Waals surface area (Å²) in [5.41, 5.74) is 4.96. The van der Waals surface area contributed by atoms with Gasteiger partial charge in [-0.3, -0.25) is 4.79 Å². The Morgan fingerprint density at radius 3 is 2.50 bits per heavy atom. The number of amides is 1. The molecule has 3 N–H and O–H groups in total. The number of hydrogen-bond donors (Lipinski definition) is 2. The van der Waals surface area contributed by atoms with Gasteiger partial charge in [0, 0.05) is 6.92 Å². The minimum absolute atomic E-state index is 0.0579. The van der Waals surface area contributed by atoms with E-state index >= 15 is 0 Å². The first-order chi connectivity index (χ1) is 3.66. The van der Waals surface area contributed by atoms with Gasteiger partial charge in [-0.2, -0.15) is 4.99 Å². The van der Waals surface area contributed by atoms with Gasteiger partial charge in [-0.05, 0) is 0 Å². The van der Waals surface area contributed by atoms with E-state index in [1.807, 2.05) is 0 Å². The molecule has 0 saturated heterocycles. The SMILES string of the molecule is CC(=O)N=C(N)C=N. The zero-order chi connectivity index (χ0) is 6.57. The quantitative estimate of drug-likeness (QED) is 0.356. The van der Waals surface area contributed by atoms with E-state index in [1.54, 1.807) is 0 Å². The standard InChI is InChI=1S/C4H7N3O/c1-3(8)7-4(6)2-5/h2,5H,1H3,(H2,6,7,8). The second kappa shape index (κ2) is 2.90. The smallest absolute Gasteiger partial charge is 0.244 e. The topological polar surface area (TPSA) is 79.3 Å². The molecule has 0 atom stereocenters. The molecule has 0 spiro atoms. The molecule has 0 rings (SSSR count). The number of aliphatic imine (C=N–C) groups is 1. The summed E-state index contributed by atoms with van der Waals surface area (Å²) in [6.45, 7) is 1.27. The highest BCUT2D eigenvalue weighted by Gasteiger charge is 1.85. The highest BCUT2D eigenvalue weighted by molar-refractivity contribution is 6.29. The van der Waals surface area contributed by atoms with Gasteiger partial charge in [0.25, 0.3) is 0 Å². The summed E-state index contributed by atoms with van der Waals surface area (Å²) in [5, 5.41) is 6.47. The molecule has 0 aromatic heterocycles. The molecule has 0 radical (unpaired) electrons. The maximum atomic E-state index is 10.0. The lowest BCUT2D eigenvalue weighted by molar-refractivity contribution is -0.115. The van der Waals surface area contributed by atoms with E-state index < -0.39 is 0 Å². The predicted octanol–water partition coefficient (Wildman–Crippen LogP) is -0.460. The summed E-state index contributed by atoms with van der Waals surface area (Å²) < 4.78 is 0. The van der Waals surface area contributed by atoms with Crippen LogP contribution in [0.4, 0.5) is 0 Å². The van der Waals surface area contributed by atoms with Gasteiger partial charge in [-0.1, -0.05) is 0 Å². The molecule has 44 valence electrons. The first-order valence-corrected chi connectivity index (χ1v) is 2.02. The van der Waals surface area contributed by atoms with Gasteiger partial charge in [-0.15, -0.1) is 0 Å². The Balaban J connectivity index is 3.94. The molecule has 4 nitrogen and oxygen atoms in total. The van der Waals surface area contributed by atoms with Crippen molar-refractivity contribution in [3.63, 3.8) is 0 Å². The molecule has 0 heterocycles. The van der Waals surface area contributed by atoms with Crippen LogP contribution in [-0.4, -0.2) is 18.0 Å². The van der Waals surface area contributed by atoms with E-state index in [9.17, 15) is 4.79 Å². The fourth-order valence-corrected chi connectivity index (χ4v) is 0.214. The molecule has 0 fully saturated rings. The van der Waals surface area contributed by atoms with Gasteiger partial charge in [0.05, 0.1) is 6.21 Å². The Hall–Kier alpha value is -1.19. The van der Waals surface area contributed by atoms with Crippen LogP contribution in [0, 0.1) is 5.41 Å². The molecule has 4 heteroatoms. The van der Waals surface area contributed by atoms with Crippen molar-refractivity contribution in [2.24, 2.45) is 10.7 Å². The Morgan fingerprint density at radius 1 is 1.88 bits per heavy atom. The van der Waals surface area contributed by atoms with E-state index in [4.69, 9.17) is 11.1 Å². The minimum atomic E-state index is -0.383. The van der Waals surface area contributed by atoms with E-state index in [1.165, 1.54) is 6.92 Å². The van der Waals surface area contributed by atoms with E-state index in [-0.39, 0.29) is 11.7 Å². The van der Waals surface area contributed by atoms with Crippen molar-refractivity contribution < 1.29 is 4.79 Å². The molecule has 0 aliphatic carbocycles. The number of amidine groups is 1. The molecule has 1 amide bonds. The van der Waals surface area contributed by atoms with E-state index in [0.29, 0.717) is 0 Å². The summed E-state index contributed by atoms with van der Waals surface area (Å²) >= 11 is 0. The van der Waals surface area contributed by atoms with Crippen LogP contribution in [-0.2, 0) is 4.79 Å². The van der Waals surface area contributed by atoms with Crippen molar-refractivity contribution in [3.05, 3.63) is 0 Å². The third-order valence-electron chi connectivity index (χ3n) is 0.434. The van der Waals surface area contributed by atoms with Crippen LogP contribution >= 0.6 is 0 Å². The third-order valence-corrected chi connectivity index (χ3v) is 0.434. The fraction of sp³-hybridized carbons (Fsp3) is 0.250. The second-order valence-corrected chi connectivity index (χ2v) is 1.20. The Bertz CT molecular complexity index is 138. The number of carbonyl (C=O) groups is 1. The maximum absolute atomic E-state index is 10.0. The van der Waals surface area contributed by atoms with Crippen molar-refractivity contribution in [2.45, 2.75) is 6.92 Å². The third kappa shape index (κ3) is 3.02. The van der Waals surface area contributed by atoms with Crippen molar-refractivity contribution in [2.75, 3.05) is 0 Å². The van der Waals surface area contributed by atoms with E-state index in [0.717, 1.165) is 6.21 Å². The second-order valence-electron chi connectivity index (χ2n) is 1.20. The Labute approximate surface area is 46.9 Å². The highest BCUT2D eigenvalue weighted by atomic mass is 16.1. The first-order valence-electron chi connectivity index (χ1n) is 2.02. The molecule has 8 heavy (non-hydrogen) atoms. The lowest BCUT2D eigenvalue weighted by Gasteiger charge is -1.82. The Morgan fingerprint density at radius 2 is 2.38 bits per heavy atom.